The summed E-state index contributed by atoms with van der Waals surface area (Å²) < 4.78 is 4.94. The van der Waals surface area contributed by atoms with Gasteiger partial charge in [0.2, 0.25) is 0 Å². The number of hydrogen-bond acceptors (Lipinski definition) is 4. The van der Waals surface area contributed by atoms with Crippen LogP contribution in [0.5, 0.6) is 0 Å². The maximum absolute atomic E-state index is 11.3. The Kier molecular flexibility index (Phi) is 1.34. The van der Waals surface area contributed by atoms with Gasteiger partial charge in [-0.15, -0.1) is 0 Å². The second-order valence-corrected chi connectivity index (χ2v) is 4.35. The van der Waals surface area contributed by atoms with Crippen LogP contribution in [0, 0.1) is 23.7 Å². The van der Waals surface area contributed by atoms with Crippen LogP contribution in [0.4, 0.5) is 0 Å². The first kappa shape index (κ1) is 7.76. The third-order valence-electron chi connectivity index (χ3n) is 3.90. The fourth-order valence-electron chi connectivity index (χ4n) is 3.38. The molecule has 1 saturated heterocycles. The van der Waals surface area contributed by atoms with Gasteiger partial charge in [0, 0.05) is 17.8 Å². The molecule has 2 N–H and O–H groups in total. The van der Waals surface area contributed by atoms with Gasteiger partial charge in [-0.3, -0.25) is 4.79 Å². The number of hydrogen-bond donors (Lipinski definition) is 2. The normalized spacial score (nSPS) is 58.2. The lowest BCUT2D eigenvalue weighted by Crippen LogP contribution is -2.31. The monoisotopic (exact) mass is 184 g/mol. The van der Waals surface area contributed by atoms with Crippen molar-refractivity contribution in [1.82, 2.24) is 0 Å². The molecule has 0 aromatic carbocycles. The molecule has 2 aliphatic carbocycles. The summed E-state index contributed by atoms with van der Waals surface area (Å²) in [5, 5.41) is 19.4. The van der Waals surface area contributed by atoms with Crippen LogP contribution in [0.25, 0.3) is 0 Å². The number of fused-ring (bicyclic) bond motifs is 5. The Balaban J connectivity index is 1.98. The fourth-order valence-corrected chi connectivity index (χ4v) is 3.38. The molecule has 3 rings (SSSR count). The number of rotatable bonds is 0. The second kappa shape index (κ2) is 2.25. The number of aliphatic hydroxyl groups is 2. The zero-order valence-corrected chi connectivity index (χ0v) is 7.09. The van der Waals surface area contributed by atoms with E-state index in [9.17, 15) is 15.0 Å². The maximum atomic E-state index is 11.3. The predicted molar refractivity (Wildman–Crippen MR) is 41.5 cm³/mol. The van der Waals surface area contributed by atoms with Crippen molar-refractivity contribution < 1.29 is 19.7 Å². The lowest BCUT2D eigenvalue weighted by molar-refractivity contribution is -0.143. The molecule has 0 amide bonds. The van der Waals surface area contributed by atoms with Gasteiger partial charge in [0.05, 0.1) is 24.7 Å². The molecular weight excluding hydrogens is 172 g/mol. The van der Waals surface area contributed by atoms with E-state index < -0.39 is 12.2 Å². The summed E-state index contributed by atoms with van der Waals surface area (Å²) in [7, 11) is 0. The van der Waals surface area contributed by atoms with Crippen LogP contribution in [0.15, 0.2) is 0 Å². The highest BCUT2D eigenvalue weighted by Crippen LogP contribution is 2.55. The van der Waals surface area contributed by atoms with Gasteiger partial charge in [0.1, 0.15) is 0 Å². The Labute approximate surface area is 75.5 Å². The summed E-state index contributed by atoms with van der Waals surface area (Å²) in [4.78, 5) is 11.3. The molecule has 0 unspecified atom stereocenters. The number of carbonyl (C=O) groups excluding carboxylic acids is 1. The standard InChI is InChI=1S/C9H12O4/c10-5-1-3-6-4(2-13-9(6)12)7(5)8(3)11/h3-8,10-11H,1-2H2/t3-,4-,5+,6-,7-,8-/m0/s1. The molecule has 0 aromatic rings. The molecule has 4 heteroatoms. The molecule has 1 heterocycles. The van der Waals surface area contributed by atoms with E-state index in [0.29, 0.717) is 13.0 Å². The van der Waals surface area contributed by atoms with E-state index in [0.717, 1.165) is 0 Å². The lowest BCUT2D eigenvalue weighted by atomic mass is 9.80. The van der Waals surface area contributed by atoms with Crippen LogP contribution in [0.3, 0.4) is 0 Å². The van der Waals surface area contributed by atoms with Crippen molar-refractivity contribution in [2.24, 2.45) is 23.7 Å². The highest BCUT2D eigenvalue weighted by Gasteiger charge is 2.63. The largest absolute Gasteiger partial charge is 0.465 e. The van der Waals surface area contributed by atoms with Crippen LogP contribution in [-0.2, 0) is 9.53 Å². The number of carbonyl (C=O) groups is 1. The summed E-state index contributed by atoms with van der Waals surface area (Å²) in [5.41, 5.74) is 0. The van der Waals surface area contributed by atoms with Gasteiger partial charge in [-0.2, -0.15) is 0 Å². The van der Waals surface area contributed by atoms with Crippen molar-refractivity contribution in [1.29, 1.82) is 0 Å². The van der Waals surface area contributed by atoms with E-state index in [-0.39, 0.29) is 29.6 Å². The van der Waals surface area contributed by atoms with E-state index >= 15 is 0 Å². The molecule has 2 saturated carbocycles. The van der Waals surface area contributed by atoms with Crippen molar-refractivity contribution >= 4 is 5.97 Å². The molecule has 3 aliphatic rings. The summed E-state index contributed by atoms with van der Waals surface area (Å²) in [6, 6.07) is 0. The Hall–Kier alpha value is -0.610. The number of cyclic esters (lactones) is 1. The zero-order chi connectivity index (χ0) is 9.16. The molecule has 72 valence electrons. The van der Waals surface area contributed by atoms with Crippen LogP contribution in [0.1, 0.15) is 6.42 Å². The van der Waals surface area contributed by atoms with Crippen molar-refractivity contribution in [3.63, 3.8) is 0 Å². The molecule has 3 fully saturated rings. The predicted octanol–water partition coefficient (Wildman–Crippen LogP) is -0.853. The Bertz CT molecular complexity index is 262. The Morgan fingerprint density at radius 3 is 2.85 bits per heavy atom. The van der Waals surface area contributed by atoms with Crippen LogP contribution < -0.4 is 0 Å². The van der Waals surface area contributed by atoms with Crippen LogP contribution >= 0.6 is 0 Å². The highest BCUT2D eigenvalue weighted by atomic mass is 16.5. The summed E-state index contributed by atoms with van der Waals surface area (Å²) in [6.07, 6.45) is -0.365. The smallest absolute Gasteiger partial charge is 0.309 e. The maximum Gasteiger partial charge on any atom is 0.309 e. The van der Waals surface area contributed by atoms with E-state index in [4.69, 9.17) is 4.74 Å². The van der Waals surface area contributed by atoms with Gasteiger partial charge in [-0.1, -0.05) is 0 Å². The van der Waals surface area contributed by atoms with Crippen molar-refractivity contribution in [2.75, 3.05) is 6.61 Å². The van der Waals surface area contributed by atoms with Gasteiger partial charge >= 0.3 is 5.97 Å². The van der Waals surface area contributed by atoms with Gasteiger partial charge < -0.3 is 14.9 Å². The summed E-state index contributed by atoms with van der Waals surface area (Å²) in [5.74, 6) is -0.426. The summed E-state index contributed by atoms with van der Waals surface area (Å²) in [6.45, 7) is 0.388. The van der Waals surface area contributed by atoms with Crippen molar-refractivity contribution in [3.05, 3.63) is 0 Å². The molecule has 4 nitrogen and oxygen atoms in total. The molecule has 2 bridgehead atoms. The number of esters is 1. The van der Waals surface area contributed by atoms with E-state index in [1.54, 1.807) is 0 Å². The van der Waals surface area contributed by atoms with Crippen LogP contribution in [-0.4, -0.2) is 35.0 Å². The van der Waals surface area contributed by atoms with E-state index in [1.165, 1.54) is 0 Å². The van der Waals surface area contributed by atoms with Gasteiger partial charge in [0.25, 0.3) is 0 Å². The van der Waals surface area contributed by atoms with Crippen LogP contribution in [0.2, 0.25) is 0 Å². The first-order valence-electron chi connectivity index (χ1n) is 4.73. The highest BCUT2D eigenvalue weighted by molar-refractivity contribution is 5.76. The average Bonchev–Trinajstić information content (AvgIpc) is 2.64. The zero-order valence-electron chi connectivity index (χ0n) is 7.09. The van der Waals surface area contributed by atoms with Crippen molar-refractivity contribution in [3.8, 4) is 0 Å². The van der Waals surface area contributed by atoms with E-state index in [2.05, 4.69) is 0 Å². The molecule has 0 spiro atoms. The molecule has 13 heavy (non-hydrogen) atoms. The molecular formula is C9H12O4. The summed E-state index contributed by atoms with van der Waals surface area (Å²) >= 11 is 0. The van der Waals surface area contributed by atoms with E-state index in [1.807, 2.05) is 0 Å². The topological polar surface area (TPSA) is 66.8 Å². The van der Waals surface area contributed by atoms with Gasteiger partial charge in [-0.25, -0.2) is 0 Å². The minimum atomic E-state index is -0.488. The first-order chi connectivity index (χ1) is 6.20. The molecule has 1 aliphatic heterocycles. The lowest BCUT2D eigenvalue weighted by Gasteiger charge is -2.23. The number of aliphatic hydroxyl groups excluding tert-OH is 2. The van der Waals surface area contributed by atoms with Gasteiger partial charge in [0.15, 0.2) is 0 Å². The minimum absolute atomic E-state index is 0.0556. The third kappa shape index (κ3) is 0.758. The minimum Gasteiger partial charge on any atom is -0.465 e. The molecule has 0 radical (unpaired) electrons. The molecule has 0 aromatic heterocycles. The van der Waals surface area contributed by atoms with Gasteiger partial charge in [-0.05, 0) is 6.42 Å². The average molecular weight is 184 g/mol. The quantitative estimate of drug-likeness (QED) is 0.481. The molecule has 6 atom stereocenters. The third-order valence-corrected chi connectivity index (χ3v) is 3.90. The van der Waals surface area contributed by atoms with Crippen molar-refractivity contribution in [2.45, 2.75) is 18.6 Å². The SMILES string of the molecule is O=C1OC[C@H]2[C@@H]1[C@@H]1C[C@@H](O)[C@H]2[C@H]1O. The number of ether oxygens (including phenoxy) is 1. The second-order valence-electron chi connectivity index (χ2n) is 4.35. The first-order valence-corrected chi connectivity index (χ1v) is 4.73. The Morgan fingerprint density at radius 1 is 1.31 bits per heavy atom. The fraction of sp³-hybridized carbons (Fsp3) is 0.889. The Morgan fingerprint density at radius 2 is 2.08 bits per heavy atom.